The van der Waals surface area contributed by atoms with Crippen molar-refractivity contribution in [3.8, 4) is 5.88 Å². The molecule has 1 rings (SSSR count). The lowest BCUT2D eigenvalue weighted by Crippen LogP contribution is -2.09. The molecule has 0 aliphatic heterocycles. The maximum atomic E-state index is 5.59. The normalized spacial score (nSPS) is 10.5. The zero-order chi connectivity index (χ0) is 11.3. The van der Waals surface area contributed by atoms with Gasteiger partial charge < -0.3 is 10.1 Å². The topological polar surface area (TPSA) is 47.0 Å². The SMILES string of the molecule is CCNc1ncc(C)c(OCC(C)C)n1. The minimum absolute atomic E-state index is 0.502. The van der Waals surface area contributed by atoms with E-state index in [4.69, 9.17) is 4.74 Å². The van der Waals surface area contributed by atoms with Crippen LogP contribution in [0.3, 0.4) is 0 Å². The van der Waals surface area contributed by atoms with Gasteiger partial charge in [0.15, 0.2) is 0 Å². The summed E-state index contributed by atoms with van der Waals surface area (Å²) in [5.74, 6) is 1.80. The molecule has 0 aliphatic carbocycles. The summed E-state index contributed by atoms with van der Waals surface area (Å²) < 4.78 is 5.59. The minimum atomic E-state index is 0.502. The van der Waals surface area contributed by atoms with Crippen molar-refractivity contribution in [1.82, 2.24) is 9.97 Å². The number of aryl methyl sites for hydroxylation is 1. The predicted octanol–water partition coefficient (Wildman–Crippen LogP) is 2.25. The van der Waals surface area contributed by atoms with Gasteiger partial charge in [-0.2, -0.15) is 4.98 Å². The maximum absolute atomic E-state index is 5.59. The first-order valence-corrected chi connectivity index (χ1v) is 5.33. The van der Waals surface area contributed by atoms with E-state index in [1.807, 2.05) is 13.8 Å². The molecule has 84 valence electrons. The smallest absolute Gasteiger partial charge is 0.225 e. The Kier molecular flexibility index (Phi) is 4.34. The molecule has 0 aliphatic rings. The van der Waals surface area contributed by atoms with Crippen LogP contribution in [0.5, 0.6) is 5.88 Å². The van der Waals surface area contributed by atoms with E-state index in [0.717, 1.165) is 12.1 Å². The van der Waals surface area contributed by atoms with Gasteiger partial charge in [0, 0.05) is 18.3 Å². The third-order valence-electron chi connectivity index (χ3n) is 1.81. The van der Waals surface area contributed by atoms with Gasteiger partial charge in [0.05, 0.1) is 6.61 Å². The lowest BCUT2D eigenvalue weighted by Gasteiger charge is -2.11. The van der Waals surface area contributed by atoms with Crippen molar-refractivity contribution in [1.29, 1.82) is 0 Å². The number of hydrogen-bond donors (Lipinski definition) is 1. The molecule has 0 saturated heterocycles. The van der Waals surface area contributed by atoms with Crippen LogP contribution in [0.1, 0.15) is 26.3 Å². The molecule has 1 aromatic heterocycles. The zero-order valence-electron chi connectivity index (χ0n) is 9.87. The third-order valence-corrected chi connectivity index (χ3v) is 1.81. The van der Waals surface area contributed by atoms with Crippen LogP contribution in [0.4, 0.5) is 5.95 Å². The number of ether oxygens (including phenoxy) is 1. The summed E-state index contributed by atoms with van der Waals surface area (Å²) in [7, 11) is 0. The predicted molar refractivity (Wildman–Crippen MR) is 61.3 cm³/mol. The molecule has 1 heterocycles. The van der Waals surface area contributed by atoms with Gasteiger partial charge in [-0.15, -0.1) is 0 Å². The summed E-state index contributed by atoms with van der Waals surface area (Å²) in [6.45, 7) is 9.68. The van der Waals surface area contributed by atoms with Crippen LogP contribution < -0.4 is 10.1 Å². The highest BCUT2D eigenvalue weighted by molar-refractivity contribution is 5.32. The highest BCUT2D eigenvalue weighted by Gasteiger charge is 2.05. The molecule has 0 aromatic carbocycles. The Morgan fingerprint density at radius 1 is 1.47 bits per heavy atom. The van der Waals surface area contributed by atoms with E-state index in [2.05, 4.69) is 29.1 Å². The van der Waals surface area contributed by atoms with Crippen LogP contribution in [-0.4, -0.2) is 23.1 Å². The number of nitrogens with one attached hydrogen (secondary N) is 1. The first-order chi connectivity index (χ1) is 7.13. The molecule has 1 N–H and O–H groups in total. The fourth-order valence-corrected chi connectivity index (χ4v) is 1.06. The summed E-state index contributed by atoms with van der Waals surface area (Å²) in [6, 6.07) is 0. The Hall–Kier alpha value is -1.32. The quantitative estimate of drug-likeness (QED) is 0.808. The van der Waals surface area contributed by atoms with Crippen molar-refractivity contribution in [3.05, 3.63) is 11.8 Å². The largest absolute Gasteiger partial charge is 0.477 e. The molecule has 0 spiro atoms. The number of anilines is 1. The summed E-state index contributed by atoms with van der Waals surface area (Å²) >= 11 is 0. The summed E-state index contributed by atoms with van der Waals surface area (Å²) in [5, 5.41) is 3.06. The summed E-state index contributed by atoms with van der Waals surface area (Å²) in [6.07, 6.45) is 1.78. The summed E-state index contributed by atoms with van der Waals surface area (Å²) in [4.78, 5) is 8.44. The Morgan fingerprint density at radius 2 is 2.20 bits per heavy atom. The second-order valence-corrected chi connectivity index (χ2v) is 3.92. The first kappa shape index (κ1) is 11.8. The second kappa shape index (κ2) is 5.53. The molecule has 0 atom stereocenters. The Balaban J connectivity index is 2.71. The molecule has 0 saturated carbocycles. The third kappa shape index (κ3) is 3.73. The maximum Gasteiger partial charge on any atom is 0.225 e. The molecule has 0 bridgehead atoms. The van der Waals surface area contributed by atoms with Gasteiger partial charge >= 0.3 is 0 Å². The second-order valence-electron chi connectivity index (χ2n) is 3.92. The van der Waals surface area contributed by atoms with E-state index in [0.29, 0.717) is 24.4 Å². The molecular formula is C11H19N3O. The lowest BCUT2D eigenvalue weighted by atomic mass is 10.2. The van der Waals surface area contributed by atoms with Crippen LogP contribution >= 0.6 is 0 Å². The van der Waals surface area contributed by atoms with Crippen LogP contribution in [0.15, 0.2) is 6.20 Å². The fourth-order valence-electron chi connectivity index (χ4n) is 1.06. The van der Waals surface area contributed by atoms with Gasteiger partial charge in [0.1, 0.15) is 0 Å². The molecule has 0 amide bonds. The van der Waals surface area contributed by atoms with Crippen molar-refractivity contribution in [3.63, 3.8) is 0 Å². The van der Waals surface area contributed by atoms with Crippen molar-refractivity contribution in [2.45, 2.75) is 27.7 Å². The molecule has 4 heteroatoms. The Labute approximate surface area is 91.1 Å². The zero-order valence-corrected chi connectivity index (χ0v) is 9.87. The number of hydrogen-bond acceptors (Lipinski definition) is 4. The molecule has 15 heavy (non-hydrogen) atoms. The summed E-state index contributed by atoms with van der Waals surface area (Å²) in [5.41, 5.74) is 0.970. The van der Waals surface area contributed by atoms with Crippen molar-refractivity contribution < 1.29 is 4.74 Å². The van der Waals surface area contributed by atoms with Crippen molar-refractivity contribution >= 4 is 5.95 Å². The van der Waals surface area contributed by atoms with Crippen LogP contribution in [0, 0.1) is 12.8 Å². The standard InChI is InChI=1S/C11H19N3O/c1-5-12-11-13-6-9(4)10(14-11)15-7-8(2)3/h6,8H,5,7H2,1-4H3,(H,12,13,14). The van der Waals surface area contributed by atoms with E-state index in [9.17, 15) is 0 Å². The fraction of sp³-hybridized carbons (Fsp3) is 0.636. The van der Waals surface area contributed by atoms with Crippen molar-refractivity contribution in [2.75, 3.05) is 18.5 Å². The van der Waals surface area contributed by atoms with E-state index < -0.39 is 0 Å². The number of rotatable bonds is 5. The average molecular weight is 209 g/mol. The lowest BCUT2D eigenvalue weighted by molar-refractivity contribution is 0.259. The van der Waals surface area contributed by atoms with Gasteiger partial charge in [0.25, 0.3) is 0 Å². The monoisotopic (exact) mass is 209 g/mol. The van der Waals surface area contributed by atoms with Gasteiger partial charge in [-0.25, -0.2) is 4.98 Å². The van der Waals surface area contributed by atoms with Gasteiger partial charge in [-0.1, -0.05) is 13.8 Å². The highest BCUT2D eigenvalue weighted by Crippen LogP contribution is 2.15. The molecule has 4 nitrogen and oxygen atoms in total. The van der Waals surface area contributed by atoms with Gasteiger partial charge in [0.2, 0.25) is 11.8 Å². The van der Waals surface area contributed by atoms with Crippen LogP contribution in [0.2, 0.25) is 0 Å². The van der Waals surface area contributed by atoms with E-state index in [-0.39, 0.29) is 0 Å². The molecule has 0 fully saturated rings. The van der Waals surface area contributed by atoms with Gasteiger partial charge in [-0.3, -0.25) is 0 Å². The number of nitrogens with zero attached hydrogens (tertiary/aromatic N) is 2. The van der Waals surface area contributed by atoms with Crippen LogP contribution in [-0.2, 0) is 0 Å². The molecular weight excluding hydrogens is 190 g/mol. The number of aromatic nitrogens is 2. The van der Waals surface area contributed by atoms with E-state index in [1.54, 1.807) is 6.20 Å². The van der Waals surface area contributed by atoms with Gasteiger partial charge in [-0.05, 0) is 19.8 Å². The molecule has 1 aromatic rings. The Morgan fingerprint density at radius 3 is 2.80 bits per heavy atom. The minimum Gasteiger partial charge on any atom is -0.477 e. The molecule has 0 unspecified atom stereocenters. The Bertz CT molecular complexity index is 313. The first-order valence-electron chi connectivity index (χ1n) is 5.33. The average Bonchev–Trinajstić information content (AvgIpc) is 2.19. The van der Waals surface area contributed by atoms with E-state index >= 15 is 0 Å². The van der Waals surface area contributed by atoms with E-state index in [1.165, 1.54) is 0 Å². The van der Waals surface area contributed by atoms with Crippen molar-refractivity contribution in [2.24, 2.45) is 5.92 Å². The highest BCUT2D eigenvalue weighted by atomic mass is 16.5. The van der Waals surface area contributed by atoms with Crippen LogP contribution in [0.25, 0.3) is 0 Å². The molecule has 0 radical (unpaired) electrons.